The van der Waals surface area contributed by atoms with Crippen molar-refractivity contribution >= 4 is 22.5 Å². The lowest BCUT2D eigenvalue weighted by Crippen LogP contribution is -2.12. The van der Waals surface area contributed by atoms with E-state index in [9.17, 15) is 9.90 Å². The fraction of sp³-hybridized carbons (Fsp3) is 0.167. The van der Waals surface area contributed by atoms with Crippen LogP contribution in [0.3, 0.4) is 0 Å². The molecule has 5 nitrogen and oxygen atoms in total. The van der Waals surface area contributed by atoms with Gasteiger partial charge in [0.2, 0.25) is 0 Å². The number of aromatic nitrogens is 1. The van der Waals surface area contributed by atoms with E-state index in [0.29, 0.717) is 29.2 Å². The number of ether oxygens (including phenoxy) is 1. The first-order valence-corrected chi connectivity index (χ1v) is 7.46. The summed E-state index contributed by atoms with van der Waals surface area (Å²) in [4.78, 5) is 15.5. The summed E-state index contributed by atoms with van der Waals surface area (Å²) in [6.07, 6.45) is 1.84. The number of carbonyl (C=O) groups excluding carboxylic acids is 1. The molecule has 0 aliphatic rings. The summed E-state index contributed by atoms with van der Waals surface area (Å²) in [5.74, 6) is 0.433. The van der Waals surface area contributed by atoms with E-state index in [2.05, 4.69) is 10.3 Å². The lowest BCUT2D eigenvalue weighted by Gasteiger charge is -2.11. The number of H-pyrrole nitrogens is 1. The Bertz CT molecular complexity index is 839. The average molecular weight is 310 g/mol. The molecule has 1 heterocycles. The van der Waals surface area contributed by atoms with E-state index in [1.54, 1.807) is 24.3 Å². The Kier molecular flexibility index (Phi) is 4.30. The van der Waals surface area contributed by atoms with Gasteiger partial charge in [0.15, 0.2) is 0 Å². The second-order valence-electron chi connectivity index (χ2n) is 5.15. The molecule has 3 rings (SSSR count). The van der Waals surface area contributed by atoms with Gasteiger partial charge in [0.1, 0.15) is 5.75 Å². The molecule has 1 amide bonds. The van der Waals surface area contributed by atoms with Crippen LogP contribution in [-0.4, -0.2) is 22.6 Å². The van der Waals surface area contributed by atoms with Gasteiger partial charge in [-0.15, -0.1) is 0 Å². The van der Waals surface area contributed by atoms with Crippen LogP contribution >= 0.6 is 0 Å². The quantitative estimate of drug-likeness (QED) is 0.677. The predicted octanol–water partition coefficient (Wildman–Crippen LogP) is 3.31. The average Bonchev–Trinajstić information content (AvgIpc) is 3.04. The fourth-order valence-electron chi connectivity index (χ4n) is 2.47. The van der Waals surface area contributed by atoms with E-state index in [-0.39, 0.29) is 12.5 Å². The number of benzene rings is 2. The Balaban J connectivity index is 1.81. The third kappa shape index (κ3) is 3.19. The molecule has 3 aromatic rings. The van der Waals surface area contributed by atoms with Crippen molar-refractivity contribution < 1.29 is 14.6 Å². The van der Waals surface area contributed by atoms with Crippen molar-refractivity contribution in [3.63, 3.8) is 0 Å². The zero-order valence-electron chi connectivity index (χ0n) is 12.8. The summed E-state index contributed by atoms with van der Waals surface area (Å²) in [5.41, 5.74) is 2.84. The first-order chi connectivity index (χ1) is 11.2. The van der Waals surface area contributed by atoms with Gasteiger partial charge < -0.3 is 20.1 Å². The second kappa shape index (κ2) is 6.54. The molecule has 0 radical (unpaired) electrons. The molecule has 1 aromatic heterocycles. The van der Waals surface area contributed by atoms with Crippen LogP contribution in [0, 0.1) is 0 Å². The predicted molar refractivity (Wildman–Crippen MR) is 89.8 cm³/mol. The highest BCUT2D eigenvalue weighted by molar-refractivity contribution is 6.06. The molecule has 0 spiro atoms. The van der Waals surface area contributed by atoms with Gasteiger partial charge in [-0.05, 0) is 49.4 Å². The summed E-state index contributed by atoms with van der Waals surface area (Å²) in [6, 6.07) is 12.6. The fourth-order valence-corrected chi connectivity index (χ4v) is 2.47. The zero-order chi connectivity index (χ0) is 16.2. The van der Waals surface area contributed by atoms with E-state index in [1.165, 1.54) is 0 Å². The van der Waals surface area contributed by atoms with Crippen molar-refractivity contribution in [2.45, 2.75) is 13.5 Å². The summed E-state index contributed by atoms with van der Waals surface area (Å²) in [7, 11) is 0. The number of amides is 1. The molecule has 0 aliphatic heterocycles. The van der Waals surface area contributed by atoms with Gasteiger partial charge in [-0.3, -0.25) is 4.79 Å². The SMILES string of the molecule is CCOc1ccc(NC(=O)c2ccc3[nH]ccc3c2)cc1CO. The second-order valence-corrected chi connectivity index (χ2v) is 5.15. The van der Waals surface area contributed by atoms with Gasteiger partial charge >= 0.3 is 0 Å². The monoisotopic (exact) mass is 310 g/mol. The van der Waals surface area contributed by atoms with Crippen molar-refractivity contribution in [3.05, 3.63) is 59.8 Å². The third-order valence-corrected chi connectivity index (χ3v) is 3.60. The van der Waals surface area contributed by atoms with Crippen molar-refractivity contribution in [3.8, 4) is 5.75 Å². The van der Waals surface area contributed by atoms with Crippen LogP contribution in [0.25, 0.3) is 10.9 Å². The number of aliphatic hydroxyl groups excluding tert-OH is 1. The molecule has 2 aromatic carbocycles. The normalized spacial score (nSPS) is 10.7. The minimum atomic E-state index is -0.193. The zero-order valence-corrected chi connectivity index (χ0v) is 12.8. The molecule has 3 N–H and O–H groups in total. The Morgan fingerprint density at radius 3 is 2.87 bits per heavy atom. The lowest BCUT2D eigenvalue weighted by molar-refractivity contribution is 0.102. The topological polar surface area (TPSA) is 74.3 Å². The highest BCUT2D eigenvalue weighted by atomic mass is 16.5. The summed E-state index contributed by atoms with van der Waals surface area (Å²) in [5, 5.41) is 13.2. The van der Waals surface area contributed by atoms with Crippen LogP contribution in [0.2, 0.25) is 0 Å². The molecule has 0 saturated heterocycles. The number of nitrogens with one attached hydrogen (secondary N) is 2. The van der Waals surface area contributed by atoms with Crippen LogP contribution in [0.4, 0.5) is 5.69 Å². The van der Waals surface area contributed by atoms with Gasteiger partial charge in [0.05, 0.1) is 13.2 Å². The van der Waals surface area contributed by atoms with Crippen LogP contribution in [-0.2, 0) is 6.61 Å². The van der Waals surface area contributed by atoms with Crippen molar-refractivity contribution in [2.24, 2.45) is 0 Å². The Hall–Kier alpha value is -2.79. The smallest absolute Gasteiger partial charge is 0.255 e. The molecule has 0 saturated carbocycles. The summed E-state index contributed by atoms with van der Waals surface area (Å²) in [6.45, 7) is 2.26. The molecule has 0 atom stereocenters. The largest absolute Gasteiger partial charge is 0.494 e. The standard InChI is InChI=1S/C18H18N2O3/c1-2-23-17-6-4-15(10-14(17)11-21)20-18(22)13-3-5-16-12(9-13)7-8-19-16/h3-10,19,21H,2,11H2,1H3,(H,20,22). The van der Waals surface area contributed by atoms with Crippen LogP contribution < -0.4 is 10.1 Å². The van der Waals surface area contributed by atoms with E-state index in [0.717, 1.165) is 10.9 Å². The van der Waals surface area contributed by atoms with Gasteiger partial charge in [0.25, 0.3) is 5.91 Å². The van der Waals surface area contributed by atoms with E-state index in [1.807, 2.05) is 31.3 Å². The number of rotatable bonds is 5. The van der Waals surface area contributed by atoms with Crippen molar-refractivity contribution in [2.75, 3.05) is 11.9 Å². The van der Waals surface area contributed by atoms with Crippen LogP contribution in [0.1, 0.15) is 22.8 Å². The lowest BCUT2D eigenvalue weighted by atomic mass is 10.1. The number of aromatic amines is 1. The van der Waals surface area contributed by atoms with Crippen LogP contribution in [0.5, 0.6) is 5.75 Å². The minimum absolute atomic E-state index is 0.144. The molecular weight excluding hydrogens is 292 g/mol. The highest BCUT2D eigenvalue weighted by Gasteiger charge is 2.10. The van der Waals surface area contributed by atoms with Gasteiger partial charge in [-0.25, -0.2) is 0 Å². The maximum absolute atomic E-state index is 12.4. The van der Waals surface area contributed by atoms with Crippen molar-refractivity contribution in [1.82, 2.24) is 4.98 Å². The minimum Gasteiger partial charge on any atom is -0.494 e. The molecule has 5 heteroatoms. The molecule has 0 fully saturated rings. The highest BCUT2D eigenvalue weighted by Crippen LogP contribution is 2.24. The first-order valence-electron chi connectivity index (χ1n) is 7.46. The maximum Gasteiger partial charge on any atom is 0.255 e. The van der Waals surface area contributed by atoms with Crippen molar-refractivity contribution in [1.29, 1.82) is 0 Å². The van der Waals surface area contributed by atoms with Gasteiger partial charge in [-0.1, -0.05) is 0 Å². The molecule has 0 aliphatic carbocycles. The Morgan fingerprint density at radius 2 is 2.09 bits per heavy atom. The van der Waals surface area contributed by atoms with E-state index >= 15 is 0 Å². The molecule has 0 unspecified atom stereocenters. The number of fused-ring (bicyclic) bond motifs is 1. The van der Waals surface area contributed by atoms with E-state index in [4.69, 9.17) is 4.74 Å². The number of aliphatic hydroxyl groups is 1. The van der Waals surface area contributed by atoms with Gasteiger partial charge in [0, 0.05) is 33.9 Å². The summed E-state index contributed by atoms with van der Waals surface area (Å²) >= 11 is 0. The van der Waals surface area contributed by atoms with Crippen LogP contribution in [0.15, 0.2) is 48.7 Å². The first kappa shape index (κ1) is 15.1. The number of anilines is 1. The molecule has 118 valence electrons. The molecular formula is C18H18N2O3. The Morgan fingerprint density at radius 1 is 1.22 bits per heavy atom. The number of hydrogen-bond acceptors (Lipinski definition) is 3. The summed E-state index contributed by atoms with van der Waals surface area (Å²) < 4.78 is 5.44. The third-order valence-electron chi connectivity index (χ3n) is 3.60. The van der Waals surface area contributed by atoms with E-state index < -0.39 is 0 Å². The number of hydrogen-bond donors (Lipinski definition) is 3. The number of carbonyl (C=O) groups is 1. The molecule has 0 bridgehead atoms. The van der Waals surface area contributed by atoms with Gasteiger partial charge in [-0.2, -0.15) is 0 Å². The Labute approximate surface area is 133 Å². The maximum atomic E-state index is 12.4. The molecule has 23 heavy (non-hydrogen) atoms.